The van der Waals surface area contributed by atoms with E-state index in [0.29, 0.717) is 22.3 Å². The van der Waals surface area contributed by atoms with Crippen molar-refractivity contribution >= 4 is 23.9 Å². The van der Waals surface area contributed by atoms with E-state index in [1.807, 2.05) is 0 Å². The Hall–Kier alpha value is -4.20. The van der Waals surface area contributed by atoms with Crippen LogP contribution in [0.15, 0.2) is 72.8 Å². The number of allylic oxidation sites excluding steroid dienone is 4. The van der Waals surface area contributed by atoms with Gasteiger partial charge in [-0.05, 0) is 61.4 Å². The summed E-state index contributed by atoms with van der Waals surface area (Å²) in [7, 11) is 0. The number of hydrogen-bond donors (Lipinski definition) is 0. The Morgan fingerprint density at radius 2 is 0.588 bits per heavy atom. The number of carbonyl (C=O) groups excluding carboxylic acids is 4. The van der Waals surface area contributed by atoms with Gasteiger partial charge in [0.15, 0.2) is 0 Å². The van der Waals surface area contributed by atoms with Crippen LogP contribution in [0.2, 0.25) is 0 Å². The molecular weight excluding hydrogens is 440 g/mol. The van der Waals surface area contributed by atoms with Crippen LogP contribution in [0.25, 0.3) is 0 Å². The summed E-state index contributed by atoms with van der Waals surface area (Å²) in [4.78, 5) is 45.0. The van der Waals surface area contributed by atoms with Crippen LogP contribution in [-0.4, -0.2) is 50.3 Å². The molecular formula is C26H24O8. The van der Waals surface area contributed by atoms with Crippen LogP contribution in [0.3, 0.4) is 0 Å². The molecule has 176 valence electrons. The Labute approximate surface area is 196 Å². The van der Waals surface area contributed by atoms with Gasteiger partial charge in [-0.2, -0.15) is 0 Å². The van der Waals surface area contributed by atoms with Gasteiger partial charge in [-0.1, -0.05) is 24.3 Å². The molecule has 0 aromatic heterocycles. The molecule has 0 saturated heterocycles. The Bertz CT molecular complexity index is 895. The van der Waals surface area contributed by atoms with Gasteiger partial charge in [-0.15, -0.1) is 0 Å². The maximum atomic E-state index is 11.3. The van der Waals surface area contributed by atoms with Crippen LogP contribution in [0.5, 0.6) is 0 Å². The second kappa shape index (κ2) is 12.7. The van der Waals surface area contributed by atoms with E-state index in [9.17, 15) is 19.2 Å². The normalized spacial score (nSPS) is 16.5. The van der Waals surface area contributed by atoms with Crippen molar-refractivity contribution in [2.24, 2.45) is 0 Å². The largest absolute Gasteiger partial charge is 0.458 e. The van der Waals surface area contributed by atoms with Crippen molar-refractivity contribution in [3.8, 4) is 0 Å². The van der Waals surface area contributed by atoms with E-state index in [2.05, 4.69) is 24.3 Å². The fourth-order valence-electron chi connectivity index (χ4n) is 2.90. The highest BCUT2D eigenvalue weighted by Gasteiger charge is 2.14. The summed E-state index contributed by atoms with van der Waals surface area (Å²) < 4.78 is 19.3. The van der Waals surface area contributed by atoms with Crippen molar-refractivity contribution in [2.75, 3.05) is 26.4 Å². The van der Waals surface area contributed by atoms with Crippen molar-refractivity contribution in [2.45, 2.75) is 12.8 Å². The zero-order valence-electron chi connectivity index (χ0n) is 18.4. The molecule has 7 rings (SSSR count). The van der Waals surface area contributed by atoms with Crippen LogP contribution >= 0.6 is 0 Å². The average molecular weight is 464 g/mol. The quantitative estimate of drug-likeness (QED) is 0.328. The number of rotatable bonds is 0. The van der Waals surface area contributed by atoms with E-state index in [4.69, 9.17) is 18.9 Å². The second-order valence-corrected chi connectivity index (χ2v) is 7.11. The highest BCUT2D eigenvalue weighted by Crippen LogP contribution is 2.10. The predicted octanol–water partition coefficient (Wildman–Crippen LogP) is 3.92. The zero-order valence-corrected chi connectivity index (χ0v) is 18.4. The van der Waals surface area contributed by atoms with Gasteiger partial charge in [0.05, 0.1) is 22.3 Å². The molecule has 2 aromatic rings. The van der Waals surface area contributed by atoms with Crippen LogP contribution in [0, 0.1) is 0 Å². The van der Waals surface area contributed by atoms with E-state index < -0.39 is 23.9 Å². The number of ether oxygens (including phenoxy) is 4. The first-order valence-electron chi connectivity index (χ1n) is 10.7. The van der Waals surface area contributed by atoms with E-state index >= 15 is 0 Å². The van der Waals surface area contributed by atoms with E-state index in [1.165, 1.54) is 0 Å². The van der Waals surface area contributed by atoms with E-state index in [-0.39, 0.29) is 26.4 Å². The van der Waals surface area contributed by atoms with Gasteiger partial charge in [0, 0.05) is 0 Å². The van der Waals surface area contributed by atoms with Crippen molar-refractivity contribution < 1.29 is 38.1 Å². The summed E-state index contributed by atoms with van der Waals surface area (Å²) in [6.45, 7) is 0.401. The minimum atomic E-state index is -0.394. The predicted molar refractivity (Wildman–Crippen MR) is 122 cm³/mol. The molecule has 0 N–H and O–H groups in total. The number of benzene rings is 2. The zero-order chi connectivity index (χ0) is 24.2. The minimum Gasteiger partial charge on any atom is -0.458 e. The van der Waals surface area contributed by atoms with Gasteiger partial charge in [0.25, 0.3) is 0 Å². The first kappa shape index (κ1) is 24.4. The molecule has 4 bridgehead atoms. The summed E-state index contributed by atoms with van der Waals surface area (Å²) in [6.07, 6.45) is 11.0. The van der Waals surface area contributed by atoms with Crippen LogP contribution in [0.4, 0.5) is 0 Å². The molecule has 0 fully saturated rings. The highest BCUT2D eigenvalue weighted by atomic mass is 16.6. The summed E-state index contributed by atoms with van der Waals surface area (Å²) in [6, 6.07) is 12.4. The smallest absolute Gasteiger partial charge is 0.338 e. The summed E-state index contributed by atoms with van der Waals surface area (Å²) in [5.41, 5.74) is 1.79. The highest BCUT2D eigenvalue weighted by molar-refractivity contribution is 5.94. The van der Waals surface area contributed by atoms with Crippen molar-refractivity contribution in [3.63, 3.8) is 0 Å². The van der Waals surface area contributed by atoms with Crippen molar-refractivity contribution in [1.82, 2.24) is 0 Å². The number of fused-ring (bicyclic) bond motifs is 14. The number of hydrogen-bond acceptors (Lipinski definition) is 8. The monoisotopic (exact) mass is 464 g/mol. The van der Waals surface area contributed by atoms with E-state index in [0.717, 1.165) is 12.8 Å². The van der Waals surface area contributed by atoms with Gasteiger partial charge < -0.3 is 18.9 Å². The third-order valence-electron chi connectivity index (χ3n) is 4.69. The summed E-state index contributed by atoms with van der Waals surface area (Å²) >= 11 is 0. The van der Waals surface area contributed by atoms with Crippen LogP contribution in [-0.2, 0) is 18.9 Å². The fourth-order valence-corrected chi connectivity index (χ4v) is 2.90. The molecule has 0 saturated carbocycles. The Kier molecular flexibility index (Phi) is 9.16. The molecule has 4 heterocycles. The first-order chi connectivity index (χ1) is 16.5. The van der Waals surface area contributed by atoms with E-state index in [1.54, 1.807) is 48.5 Å². The average Bonchev–Trinajstić information content (AvgIpc) is 2.90. The number of esters is 4. The topological polar surface area (TPSA) is 105 Å². The maximum absolute atomic E-state index is 11.3. The van der Waals surface area contributed by atoms with Gasteiger partial charge in [0.1, 0.15) is 26.4 Å². The molecule has 0 radical (unpaired) electrons. The van der Waals surface area contributed by atoms with Gasteiger partial charge >= 0.3 is 23.9 Å². The first-order valence-corrected chi connectivity index (χ1v) is 10.7. The lowest BCUT2D eigenvalue weighted by atomic mass is 10.1. The molecule has 0 spiro atoms. The van der Waals surface area contributed by atoms with Crippen molar-refractivity contribution in [1.29, 1.82) is 0 Å². The minimum absolute atomic E-state index is 0.100. The molecule has 8 heteroatoms. The SMILES string of the molecule is C1=CCC=CC1.O=C1OCCOC(=O)c2ccc1cc2.O=C1OCCOC(=O)c2ccc1cc2. The molecule has 8 nitrogen and oxygen atoms in total. The molecule has 0 amide bonds. The van der Waals surface area contributed by atoms with Crippen molar-refractivity contribution in [3.05, 3.63) is 95.1 Å². The lowest BCUT2D eigenvalue weighted by Crippen LogP contribution is -2.16. The summed E-state index contributed by atoms with van der Waals surface area (Å²) in [5.74, 6) is -1.58. The lowest BCUT2D eigenvalue weighted by Gasteiger charge is -2.09. The standard InChI is InChI=1S/2C10H8O4.C6H8/c2*11-9-7-1-2-8(4-3-7)10(12)14-6-5-13-9;1-2-4-6-5-3-1/h2*1-4H,5-6H2;1-2,5-6H,3-4H2. The van der Waals surface area contributed by atoms with Gasteiger partial charge in [0.2, 0.25) is 0 Å². The molecule has 2 aromatic carbocycles. The third-order valence-corrected chi connectivity index (χ3v) is 4.69. The number of carbonyl (C=O) groups is 4. The van der Waals surface area contributed by atoms with Crippen LogP contribution < -0.4 is 0 Å². The molecule has 4 aliphatic heterocycles. The third kappa shape index (κ3) is 7.44. The van der Waals surface area contributed by atoms with Gasteiger partial charge in [-0.25, -0.2) is 19.2 Å². The molecule has 1 aliphatic carbocycles. The Morgan fingerprint density at radius 3 is 0.765 bits per heavy atom. The molecule has 34 heavy (non-hydrogen) atoms. The maximum Gasteiger partial charge on any atom is 0.338 e. The molecule has 5 aliphatic rings. The van der Waals surface area contributed by atoms with Crippen LogP contribution in [0.1, 0.15) is 54.3 Å². The fraction of sp³-hybridized carbons (Fsp3) is 0.231. The second-order valence-electron chi connectivity index (χ2n) is 7.11. The Balaban J connectivity index is 0.000000154. The van der Waals surface area contributed by atoms with Gasteiger partial charge in [-0.3, -0.25) is 0 Å². The molecule has 0 unspecified atom stereocenters. The molecule has 0 atom stereocenters. The summed E-state index contributed by atoms with van der Waals surface area (Å²) in [5, 5.41) is 0. The lowest BCUT2D eigenvalue weighted by molar-refractivity contribution is 0.0260. The Morgan fingerprint density at radius 1 is 0.382 bits per heavy atom.